The van der Waals surface area contributed by atoms with E-state index in [4.69, 9.17) is 5.73 Å². The quantitative estimate of drug-likeness (QED) is 0.936. The zero-order valence-electron chi connectivity index (χ0n) is 12.3. The summed E-state index contributed by atoms with van der Waals surface area (Å²) in [6.07, 6.45) is 2.52. The zero-order valence-corrected chi connectivity index (χ0v) is 12.3. The van der Waals surface area contributed by atoms with Crippen LogP contribution in [0.4, 0.5) is 0 Å². The lowest BCUT2D eigenvalue weighted by molar-refractivity contribution is -0.119. The first-order valence-electron chi connectivity index (χ1n) is 7.68. The SMILES string of the molecule is NC1CCN(CC(=O)Cc2cccc3ccccc23)CC1. The highest BCUT2D eigenvalue weighted by molar-refractivity contribution is 5.91. The maximum atomic E-state index is 12.3. The van der Waals surface area contributed by atoms with Crippen LogP contribution >= 0.6 is 0 Å². The average Bonchev–Trinajstić information content (AvgIpc) is 2.50. The molecule has 2 aromatic carbocycles. The Morgan fingerprint density at radius 1 is 1.10 bits per heavy atom. The van der Waals surface area contributed by atoms with Crippen LogP contribution in [-0.4, -0.2) is 36.4 Å². The minimum atomic E-state index is 0.293. The molecule has 0 aromatic heterocycles. The van der Waals surface area contributed by atoms with Crippen molar-refractivity contribution in [2.24, 2.45) is 5.73 Å². The van der Waals surface area contributed by atoms with Gasteiger partial charge in [-0.2, -0.15) is 0 Å². The Balaban J connectivity index is 1.66. The molecule has 2 aromatic rings. The molecule has 1 aliphatic rings. The molecule has 21 heavy (non-hydrogen) atoms. The van der Waals surface area contributed by atoms with Gasteiger partial charge in [-0.25, -0.2) is 0 Å². The van der Waals surface area contributed by atoms with Gasteiger partial charge in [-0.15, -0.1) is 0 Å². The van der Waals surface area contributed by atoms with E-state index in [0.717, 1.165) is 31.5 Å². The summed E-state index contributed by atoms with van der Waals surface area (Å²) in [6, 6.07) is 14.8. The molecule has 0 unspecified atom stereocenters. The van der Waals surface area contributed by atoms with Crippen molar-refractivity contribution in [2.75, 3.05) is 19.6 Å². The number of piperidine rings is 1. The Labute approximate surface area is 125 Å². The molecule has 1 saturated heterocycles. The minimum absolute atomic E-state index is 0.293. The molecule has 0 radical (unpaired) electrons. The zero-order chi connectivity index (χ0) is 14.7. The summed E-state index contributed by atoms with van der Waals surface area (Å²) in [5.74, 6) is 0.293. The summed E-state index contributed by atoms with van der Waals surface area (Å²) >= 11 is 0. The van der Waals surface area contributed by atoms with Crippen LogP contribution in [0.5, 0.6) is 0 Å². The number of nitrogens with zero attached hydrogens (tertiary/aromatic N) is 1. The summed E-state index contributed by atoms with van der Waals surface area (Å²) in [5.41, 5.74) is 7.03. The van der Waals surface area contributed by atoms with Crippen molar-refractivity contribution in [3.8, 4) is 0 Å². The van der Waals surface area contributed by atoms with E-state index < -0.39 is 0 Å². The third-order valence-corrected chi connectivity index (χ3v) is 4.30. The van der Waals surface area contributed by atoms with Gasteiger partial charge in [0, 0.05) is 25.6 Å². The monoisotopic (exact) mass is 282 g/mol. The van der Waals surface area contributed by atoms with E-state index >= 15 is 0 Å². The molecule has 0 amide bonds. The summed E-state index contributed by atoms with van der Waals surface area (Å²) < 4.78 is 0. The number of Topliss-reactive ketones (excluding diaryl/α,β-unsaturated/α-hetero) is 1. The third kappa shape index (κ3) is 3.49. The molecule has 3 heteroatoms. The van der Waals surface area contributed by atoms with E-state index in [1.807, 2.05) is 18.2 Å². The van der Waals surface area contributed by atoms with Gasteiger partial charge in [0.2, 0.25) is 0 Å². The van der Waals surface area contributed by atoms with Crippen LogP contribution < -0.4 is 5.73 Å². The highest BCUT2D eigenvalue weighted by Crippen LogP contribution is 2.19. The lowest BCUT2D eigenvalue weighted by Crippen LogP contribution is -2.42. The van der Waals surface area contributed by atoms with Crippen LogP contribution in [0.3, 0.4) is 0 Å². The van der Waals surface area contributed by atoms with Crippen LogP contribution in [-0.2, 0) is 11.2 Å². The van der Waals surface area contributed by atoms with E-state index in [2.05, 4.69) is 29.2 Å². The Morgan fingerprint density at radius 3 is 2.62 bits per heavy atom. The second-order valence-electron chi connectivity index (χ2n) is 5.97. The summed E-state index contributed by atoms with van der Waals surface area (Å²) in [5, 5.41) is 2.39. The van der Waals surface area contributed by atoms with Crippen LogP contribution in [0.15, 0.2) is 42.5 Å². The van der Waals surface area contributed by atoms with E-state index in [0.29, 0.717) is 24.8 Å². The first-order valence-corrected chi connectivity index (χ1v) is 7.68. The molecule has 1 fully saturated rings. The fourth-order valence-electron chi connectivity index (χ4n) is 3.08. The summed E-state index contributed by atoms with van der Waals surface area (Å²) in [7, 11) is 0. The molecule has 0 bridgehead atoms. The van der Waals surface area contributed by atoms with Gasteiger partial charge < -0.3 is 5.73 Å². The number of ketones is 1. The number of nitrogens with two attached hydrogens (primary N) is 1. The van der Waals surface area contributed by atoms with Crippen molar-refractivity contribution < 1.29 is 4.79 Å². The van der Waals surface area contributed by atoms with Gasteiger partial charge in [-0.05, 0) is 29.2 Å². The van der Waals surface area contributed by atoms with Crippen LogP contribution in [0.1, 0.15) is 18.4 Å². The summed E-state index contributed by atoms with van der Waals surface area (Å²) in [6.45, 7) is 2.45. The van der Waals surface area contributed by atoms with Gasteiger partial charge in [-0.1, -0.05) is 42.5 Å². The number of fused-ring (bicyclic) bond motifs is 1. The van der Waals surface area contributed by atoms with E-state index in [9.17, 15) is 4.79 Å². The number of carbonyl (C=O) groups excluding carboxylic acids is 1. The Morgan fingerprint density at radius 2 is 1.81 bits per heavy atom. The number of benzene rings is 2. The Kier molecular flexibility index (Phi) is 4.32. The minimum Gasteiger partial charge on any atom is -0.328 e. The maximum absolute atomic E-state index is 12.3. The highest BCUT2D eigenvalue weighted by Gasteiger charge is 2.18. The standard InChI is InChI=1S/C18H22N2O/c19-16-8-10-20(11-9-16)13-17(21)12-15-6-3-5-14-4-1-2-7-18(14)15/h1-7,16H,8-13,19H2. The normalized spacial score (nSPS) is 17.2. The van der Waals surface area contributed by atoms with E-state index in [1.54, 1.807) is 0 Å². The molecule has 0 spiro atoms. The molecule has 110 valence electrons. The molecule has 0 atom stereocenters. The molecule has 0 saturated carbocycles. The predicted molar refractivity (Wildman–Crippen MR) is 86.3 cm³/mol. The topological polar surface area (TPSA) is 46.3 Å². The smallest absolute Gasteiger partial charge is 0.151 e. The average molecular weight is 282 g/mol. The van der Waals surface area contributed by atoms with Crippen molar-refractivity contribution in [2.45, 2.75) is 25.3 Å². The molecule has 2 N–H and O–H groups in total. The first kappa shape index (κ1) is 14.2. The molecule has 0 aliphatic carbocycles. The maximum Gasteiger partial charge on any atom is 0.151 e. The molecular weight excluding hydrogens is 260 g/mol. The second-order valence-corrected chi connectivity index (χ2v) is 5.97. The Hall–Kier alpha value is -1.71. The molecule has 3 rings (SSSR count). The first-order chi connectivity index (χ1) is 10.2. The van der Waals surface area contributed by atoms with Gasteiger partial charge in [0.15, 0.2) is 5.78 Å². The Bertz CT molecular complexity index is 625. The van der Waals surface area contributed by atoms with Crippen molar-refractivity contribution >= 4 is 16.6 Å². The fraction of sp³-hybridized carbons (Fsp3) is 0.389. The van der Waals surface area contributed by atoms with Gasteiger partial charge in [-0.3, -0.25) is 9.69 Å². The summed E-state index contributed by atoms with van der Waals surface area (Å²) in [4.78, 5) is 14.6. The lowest BCUT2D eigenvalue weighted by Gasteiger charge is -2.29. The molecule has 1 heterocycles. The van der Waals surface area contributed by atoms with E-state index in [1.165, 1.54) is 10.8 Å². The second kappa shape index (κ2) is 6.37. The van der Waals surface area contributed by atoms with Crippen molar-refractivity contribution in [3.05, 3.63) is 48.0 Å². The van der Waals surface area contributed by atoms with Crippen molar-refractivity contribution in [1.82, 2.24) is 4.90 Å². The lowest BCUT2D eigenvalue weighted by atomic mass is 10.00. The largest absolute Gasteiger partial charge is 0.328 e. The van der Waals surface area contributed by atoms with Gasteiger partial charge in [0.25, 0.3) is 0 Å². The van der Waals surface area contributed by atoms with Gasteiger partial charge in [0.1, 0.15) is 0 Å². The number of hydrogen-bond acceptors (Lipinski definition) is 3. The fourth-order valence-corrected chi connectivity index (χ4v) is 3.08. The molecule has 1 aliphatic heterocycles. The van der Waals surface area contributed by atoms with Crippen LogP contribution in [0.25, 0.3) is 10.8 Å². The number of hydrogen-bond donors (Lipinski definition) is 1. The number of rotatable bonds is 4. The van der Waals surface area contributed by atoms with Gasteiger partial charge >= 0.3 is 0 Å². The van der Waals surface area contributed by atoms with Crippen molar-refractivity contribution in [3.63, 3.8) is 0 Å². The van der Waals surface area contributed by atoms with Crippen molar-refractivity contribution in [1.29, 1.82) is 0 Å². The van der Waals surface area contributed by atoms with E-state index in [-0.39, 0.29) is 0 Å². The van der Waals surface area contributed by atoms with Crippen LogP contribution in [0.2, 0.25) is 0 Å². The predicted octanol–water partition coefficient (Wildman–Crippen LogP) is 2.37. The highest BCUT2D eigenvalue weighted by atomic mass is 16.1. The molecular formula is C18H22N2O. The number of likely N-dealkylation sites (tertiary alicyclic amines) is 1. The van der Waals surface area contributed by atoms with Crippen LogP contribution in [0, 0.1) is 0 Å². The third-order valence-electron chi connectivity index (χ3n) is 4.30. The van der Waals surface area contributed by atoms with Gasteiger partial charge in [0.05, 0.1) is 6.54 Å². The number of carbonyl (C=O) groups is 1. The molecule has 3 nitrogen and oxygen atoms in total.